The van der Waals surface area contributed by atoms with E-state index in [1.807, 2.05) is 0 Å². The molecule has 0 unspecified atom stereocenters. The Balaban J connectivity index is 2.46. The molecule has 0 saturated carbocycles. The smallest absolute Gasteiger partial charge is 0.189 e. The number of hydrogen-bond donors (Lipinski definition) is 1. The monoisotopic (exact) mass is 194 g/mol. The fraction of sp³-hybridized carbons (Fsp3) is 0.375. The Bertz CT molecular complexity index is 390. The van der Waals surface area contributed by atoms with Crippen molar-refractivity contribution in [1.82, 2.24) is 20.6 Å². The summed E-state index contributed by atoms with van der Waals surface area (Å²) in [5.74, 6) is 0.766. The third kappa shape index (κ3) is 1.47. The molecule has 68 valence electrons. The zero-order chi connectivity index (χ0) is 9.26. The van der Waals surface area contributed by atoms with Crippen molar-refractivity contribution < 1.29 is 0 Å². The molecule has 0 saturated heterocycles. The summed E-state index contributed by atoms with van der Waals surface area (Å²) in [4.78, 5) is 2.51. The number of aromatic nitrogens is 4. The van der Waals surface area contributed by atoms with Crippen molar-refractivity contribution in [2.45, 2.75) is 20.3 Å². The molecule has 2 aromatic rings. The van der Waals surface area contributed by atoms with Crippen LogP contribution in [0.3, 0.4) is 0 Å². The van der Waals surface area contributed by atoms with Gasteiger partial charge in [0.25, 0.3) is 0 Å². The molecule has 2 heterocycles. The van der Waals surface area contributed by atoms with Crippen LogP contribution in [0.25, 0.3) is 10.7 Å². The highest BCUT2D eigenvalue weighted by molar-refractivity contribution is 7.15. The molecule has 0 aliphatic heterocycles. The lowest BCUT2D eigenvalue weighted by Crippen LogP contribution is -1.77. The van der Waals surface area contributed by atoms with Crippen LogP contribution in [-0.4, -0.2) is 20.6 Å². The molecule has 13 heavy (non-hydrogen) atoms. The lowest BCUT2D eigenvalue weighted by atomic mass is 10.2. The van der Waals surface area contributed by atoms with Crippen molar-refractivity contribution in [1.29, 1.82) is 0 Å². The van der Waals surface area contributed by atoms with E-state index in [-0.39, 0.29) is 0 Å². The highest BCUT2D eigenvalue weighted by Gasteiger charge is 2.09. The lowest BCUT2D eigenvalue weighted by molar-refractivity contribution is 0.881. The summed E-state index contributed by atoms with van der Waals surface area (Å²) >= 11 is 1.74. The first-order valence-electron chi connectivity index (χ1n) is 4.14. The minimum absolute atomic E-state index is 0.766. The summed E-state index contributed by atoms with van der Waals surface area (Å²) in [5.41, 5.74) is 1.24. The molecule has 0 radical (unpaired) electrons. The summed E-state index contributed by atoms with van der Waals surface area (Å²) in [6.45, 7) is 4.22. The van der Waals surface area contributed by atoms with E-state index in [4.69, 9.17) is 0 Å². The minimum Gasteiger partial charge on any atom is -0.238 e. The molecule has 1 N–H and O–H groups in total. The molecule has 0 fully saturated rings. The van der Waals surface area contributed by atoms with E-state index < -0.39 is 0 Å². The Labute approximate surface area is 80.0 Å². The molecule has 0 aliphatic carbocycles. The molecule has 2 rings (SSSR count). The summed E-state index contributed by atoms with van der Waals surface area (Å²) in [6.07, 6.45) is 1.06. The highest BCUT2D eigenvalue weighted by Crippen LogP contribution is 2.29. The van der Waals surface area contributed by atoms with Crippen molar-refractivity contribution in [3.05, 3.63) is 16.5 Å². The first kappa shape index (κ1) is 8.37. The van der Waals surface area contributed by atoms with Crippen LogP contribution in [-0.2, 0) is 6.42 Å². The molecule has 0 spiro atoms. The molecule has 0 aromatic carbocycles. The van der Waals surface area contributed by atoms with E-state index in [0.29, 0.717) is 0 Å². The minimum atomic E-state index is 0.766. The molecule has 2 aromatic heterocycles. The van der Waals surface area contributed by atoms with E-state index in [1.54, 1.807) is 11.3 Å². The van der Waals surface area contributed by atoms with Crippen LogP contribution < -0.4 is 0 Å². The summed E-state index contributed by atoms with van der Waals surface area (Å²) in [5, 5.41) is 13.8. The van der Waals surface area contributed by atoms with Gasteiger partial charge < -0.3 is 0 Å². The van der Waals surface area contributed by atoms with Crippen LogP contribution in [0.1, 0.15) is 17.4 Å². The SMILES string of the molecule is CCc1cc(C)c(-c2nnn[nH]2)s1. The first-order valence-corrected chi connectivity index (χ1v) is 4.96. The third-order valence-electron chi connectivity index (χ3n) is 1.88. The topological polar surface area (TPSA) is 54.5 Å². The first-order chi connectivity index (χ1) is 6.31. The number of nitrogens with zero attached hydrogens (tertiary/aromatic N) is 3. The fourth-order valence-corrected chi connectivity index (χ4v) is 2.26. The van der Waals surface area contributed by atoms with Crippen LogP contribution >= 0.6 is 11.3 Å². The van der Waals surface area contributed by atoms with Crippen molar-refractivity contribution in [3.8, 4) is 10.7 Å². The Hall–Kier alpha value is -1.23. The van der Waals surface area contributed by atoms with E-state index in [9.17, 15) is 0 Å². The lowest BCUT2D eigenvalue weighted by Gasteiger charge is -1.88. The standard InChI is InChI=1S/C8H10N4S/c1-3-6-4-5(2)7(13-6)8-9-11-12-10-8/h4H,3H2,1-2H3,(H,9,10,11,12). The van der Waals surface area contributed by atoms with Gasteiger partial charge in [-0.3, -0.25) is 0 Å². The van der Waals surface area contributed by atoms with Crippen molar-refractivity contribution in [2.75, 3.05) is 0 Å². The predicted octanol–water partition coefficient (Wildman–Crippen LogP) is 1.80. The van der Waals surface area contributed by atoms with Gasteiger partial charge >= 0.3 is 0 Å². The molecule has 0 amide bonds. The van der Waals surface area contributed by atoms with Gasteiger partial charge in [0.1, 0.15) is 0 Å². The second kappa shape index (κ2) is 3.26. The second-order valence-electron chi connectivity index (χ2n) is 2.83. The number of H-pyrrole nitrogens is 1. The van der Waals surface area contributed by atoms with Crippen LogP contribution in [0.5, 0.6) is 0 Å². The van der Waals surface area contributed by atoms with Gasteiger partial charge in [-0.25, -0.2) is 5.10 Å². The van der Waals surface area contributed by atoms with Gasteiger partial charge in [-0.15, -0.1) is 16.4 Å². The highest BCUT2D eigenvalue weighted by atomic mass is 32.1. The van der Waals surface area contributed by atoms with Gasteiger partial charge in [-0.2, -0.15) is 0 Å². The van der Waals surface area contributed by atoms with E-state index >= 15 is 0 Å². The van der Waals surface area contributed by atoms with E-state index in [2.05, 4.69) is 40.5 Å². The van der Waals surface area contributed by atoms with Crippen LogP contribution in [0.4, 0.5) is 0 Å². The second-order valence-corrected chi connectivity index (χ2v) is 3.97. The number of aromatic amines is 1. The predicted molar refractivity (Wildman–Crippen MR) is 51.6 cm³/mol. The van der Waals surface area contributed by atoms with Gasteiger partial charge in [-0.05, 0) is 35.4 Å². The number of thiophene rings is 1. The molecular weight excluding hydrogens is 184 g/mol. The molecule has 4 nitrogen and oxygen atoms in total. The number of hydrogen-bond acceptors (Lipinski definition) is 4. The van der Waals surface area contributed by atoms with Gasteiger partial charge in [0.15, 0.2) is 5.82 Å². The molecule has 0 atom stereocenters. The molecule has 0 aliphatic rings. The third-order valence-corrected chi connectivity index (χ3v) is 3.27. The van der Waals surface area contributed by atoms with Crippen molar-refractivity contribution in [3.63, 3.8) is 0 Å². The molecule has 0 bridgehead atoms. The van der Waals surface area contributed by atoms with Crippen LogP contribution in [0.2, 0.25) is 0 Å². The number of nitrogens with one attached hydrogen (secondary N) is 1. The molecule has 5 heteroatoms. The van der Waals surface area contributed by atoms with Gasteiger partial charge in [-0.1, -0.05) is 6.92 Å². The van der Waals surface area contributed by atoms with Crippen molar-refractivity contribution in [2.24, 2.45) is 0 Å². The van der Waals surface area contributed by atoms with Crippen LogP contribution in [0, 0.1) is 6.92 Å². The normalized spacial score (nSPS) is 10.6. The Kier molecular flexibility index (Phi) is 2.10. The van der Waals surface area contributed by atoms with Gasteiger partial charge in [0.2, 0.25) is 0 Å². The maximum Gasteiger partial charge on any atom is 0.189 e. The largest absolute Gasteiger partial charge is 0.238 e. The Morgan fingerprint density at radius 2 is 2.38 bits per heavy atom. The van der Waals surface area contributed by atoms with Gasteiger partial charge in [0.05, 0.1) is 4.88 Å². The summed E-state index contributed by atoms with van der Waals surface area (Å²) in [7, 11) is 0. The zero-order valence-electron chi connectivity index (χ0n) is 7.53. The Morgan fingerprint density at radius 1 is 1.54 bits per heavy atom. The number of tetrazole rings is 1. The maximum absolute atomic E-state index is 3.89. The van der Waals surface area contributed by atoms with Crippen molar-refractivity contribution >= 4 is 11.3 Å². The Morgan fingerprint density at radius 3 is 2.92 bits per heavy atom. The van der Waals surface area contributed by atoms with E-state index in [0.717, 1.165) is 17.1 Å². The zero-order valence-corrected chi connectivity index (χ0v) is 8.35. The average Bonchev–Trinajstić information content (AvgIpc) is 2.72. The summed E-state index contributed by atoms with van der Waals surface area (Å²) < 4.78 is 0. The number of rotatable bonds is 2. The number of aryl methyl sites for hydroxylation is 2. The fourth-order valence-electron chi connectivity index (χ4n) is 1.21. The maximum atomic E-state index is 3.89. The van der Waals surface area contributed by atoms with Gasteiger partial charge in [0, 0.05) is 4.88 Å². The molecular formula is C8H10N4S. The van der Waals surface area contributed by atoms with E-state index in [1.165, 1.54) is 10.4 Å². The van der Waals surface area contributed by atoms with Crippen LogP contribution in [0.15, 0.2) is 6.07 Å². The quantitative estimate of drug-likeness (QED) is 0.793. The average molecular weight is 194 g/mol. The summed E-state index contributed by atoms with van der Waals surface area (Å²) in [6, 6.07) is 2.18.